The number of hydrogen-bond acceptors (Lipinski definition) is 1. The second-order valence-electron chi connectivity index (χ2n) is 2.79. The summed E-state index contributed by atoms with van der Waals surface area (Å²) < 4.78 is 0. The fourth-order valence-electron chi connectivity index (χ4n) is 1.22. The Morgan fingerprint density at radius 3 is 3.00 bits per heavy atom. The molecule has 2 heteroatoms. The van der Waals surface area contributed by atoms with Crippen LogP contribution in [0.15, 0.2) is 0 Å². The van der Waals surface area contributed by atoms with Crippen LogP contribution in [0, 0.1) is 0 Å². The summed E-state index contributed by atoms with van der Waals surface area (Å²) in [7, 11) is 0. The van der Waals surface area contributed by atoms with Gasteiger partial charge in [-0.1, -0.05) is 19.8 Å². The lowest BCUT2D eigenvalue weighted by Crippen LogP contribution is -2.70. The van der Waals surface area contributed by atoms with E-state index in [0.29, 0.717) is 0 Å². The monoisotopic (exact) mass is 141 g/mol. The van der Waals surface area contributed by atoms with Crippen LogP contribution in [-0.4, -0.2) is 18.9 Å². The molecule has 1 rings (SSSR count). The Bertz CT molecular complexity index is 118. The van der Waals surface area contributed by atoms with Crippen molar-refractivity contribution < 1.29 is 4.99 Å². The van der Waals surface area contributed by atoms with Crippen LogP contribution in [0.25, 0.3) is 0 Å². The zero-order chi connectivity index (χ0) is 7.23. The van der Waals surface area contributed by atoms with Crippen molar-refractivity contribution in [2.75, 3.05) is 13.1 Å². The molecule has 1 aliphatic heterocycles. The van der Waals surface area contributed by atoms with Crippen molar-refractivity contribution in [3.63, 3.8) is 0 Å². The Morgan fingerprint density at radius 1 is 1.50 bits per heavy atom. The molecule has 0 amide bonds. The lowest BCUT2D eigenvalue weighted by Gasteiger charge is -1.93. The molecule has 2 N–H and O–H groups in total. The molecule has 1 heterocycles. The smallest absolute Gasteiger partial charge is 0.242 e. The molecule has 0 bridgehead atoms. The van der Waals surface area contributed by atoms with Crippen molar-refractivity contribution >= 4 is 5.84 Å². The number of amidine groups is 1. The van der Waals surface area contributed by atoms with Crippen molar-refractivity contribution in [1.29, 1.82) is 0 Å². The molecule has 0 aliphatic carbocycles. The Labute approximate surface area is 62.7 Å². The Morgan fingerprint density at radius 2 is 2.40 bits per heavy atom. The molecule has 2 nitrogen and oxygen atoms in total. The lowest BCUT2D eigenvalue weighted by molar-refractivity contribution is -0.445. The quantitative estimate of drug-likeness (QED) is 0.514. The van der Waals surface area contributed by atoms with E-state index in [1.54, 1.807) is 0 Å². The van der Waals surface area contributed by atoms with Gasteiger partial charge in [0.1, 0.15) is 13.1 Å². The van der Waals surface area contributed by atoms with E-state index in [9.17, 15) is 0 Å². The van der Waals surface area contributed by atoms with Gasteiger partial charge >= 0.3 is 0 Å². The molecule has 58 valence electrons. The van der Waals surface area contributed by atoms with Gasteiger partial charge in [0, 0.05) is 6.42 Å². The Kier molecular flexibility index (Phi) is 3.27. The van der Waals surface area contributed by atoms with E-state index in [4.69, 9.17) is 0 Å². The molecule has 0 saturated heterocycles. The molecular weight excluding hydrogens is 124 g/mol. The van der Waals surface area contributed by atoms with Gasteiger partial charge in [-0.05, 0) is 6.42 Å². The average Bonchev–Trinajstić information content (AvgIpc) is 2.41. The summed E-state index contributed by atoms with van der Waals surface area (Å²) >= 11 is 0. The maximum atomic E-state index is 3.32. The van der Waals surface area contributed by atoms with Crippen molar-refractivity contribution in [2.24, 2.45) is 0 Å². The molecule has 0 spiro atoms. The van der Waals surface area contributed by atoms with E-state index >= 15 is 0 Å². The molecule has 10 heavy (non-hydrogen) atoms. The molecule has 0 aromatic carbocycles. The van der Waals surface area contributed by atoms with Gasteiger partial charge < -0.3 is 0 Å². The zero-order valence-corrected chi connectivity index (χ0v) is 6.74. The minimum absolute atomic E-state index is 1.11. The largest absolute Gasteiger partial charge is 0.275 e. The second-order valence-corrected chi connectivity index (χ2v) is 2.79. The maximum absolute atomic E-state index is 3.32. The fraction of sp³-hybridized carbons (Fsp3) is 0.875. The van der Waals surface area contributed by atoms with Crippen molar-refractivity contribution in [1.82, 2.24) is 5.32 Å². The second kappa shape index (κ2) is 4.31. The summed E-state index contributed by atoms with van der Waals surface area (Å²) in [5, 5.41) is 3.32. The first kappa shape index (κ1) is 7.58. The van der Waals surface area contributed by atoms with E-state index in [1.165, 1.54) is 31.5 Å². The van der Waals surface area contributed by atoms with E-state index in [0.717, 1.165) is 13.1 Å². The first-order valence-electron chi connectivity index (χ1n) is 4.27. The summed E-state index contributed by atoms with van der Waals surface area (Å²) in [6, 6.07) is 0. The highest BCUT2D eigenvalue weighted by Gasteiger charge is 2.09. The van der Waals surface area contributed by atoms with Gasteiger partial charge in [0.05, 0.1) is 0 Å². The number of unbranched alkanes of at least 4 members (excludes halogenated alkanes) is 2. The van der Waals surface area contributed by atoms with Crippen LogP contribution in [0.4, 0.5) is 0 Å². The first-order chi connectivity index (χ1) is 4.93. The van der Waals surface area contributed by atoms with Crippen LogP contribution in [-0.2, 0) is 0 Å². The zero-order valence-electron chi connectivity index (χ0n) is 6.74. The standard InChI is InChI=1S/C8H16N2/c1-2-3-4-5-8-9-6-7-10-8/h2-7H2,1H3,(H,9,10)/p+1. The van der Waals surface area contributed by atoms with Crippen LogP contribution in [0.2, 0.25) is 0 Å². The molecule has 0 unspecified atom stereocenters. The summed E-state index contributed by atoms with van der Waals surface area (Å²) in [5.41, 5.74) is 0. The fourth-order valence-corrected chi connectivity index (χ4v) is 1.22. The minimum atomic E-state index is 1.11. The third kappa shape index (κ3) is 2.38. The average molecular weight is 141 g/mol. The highest BCUT2D eigenvalue weighted by Crippen LogP contribution is 1.97. The number of rotatable bonds is 4. The van der Waals surface area contributed by atoms with E-state index in [2.05, 4.69) is 17.2 Å². The van der Waals surface area contributed by atoms with Crippen LogP contribution in [0.3, 0.4) is 0 Å². The van der Waals surface area contributed by atoms with E-state index < -0.39 is 0 Å². The molecule has 1 aliphatic rings. The number of hydrogen-bond donors (Lipinski definition) is 2. The van der Waals surface area contributed by atoms with Gasteiger partial charge in [0.25, 0.3) is 0 Å². The summed E-state index contributed by atoms with van der Waals surface area (Å²) in [6.07, 6.45) is 5.21. The predicted molar refractivity (Wildman–Crippen MR) is 43.0 cm³/mol. The van der Waals surface area contributed by atoms with Crippen LogP contribution >= 0.6 is 0 Å². The van der Waals surface area contributed by atoms with Gasteiger partial charge in [0.15, 0.2) is 0 Å². The SMILES string of the molecule is CCCCCC1=[NH+]CCN1. The highest BCUT2D eigenvalue weighted by molar-refractivity contribution is 5.77. The van der Waals surface area contributed by atoms with Crippen LogP contribution in [0.1, 0.15) is 32.6 Å². The van der Waals surface area contributed by atoms with Crippen LogP contribution in [0.5, 0.6) is 0 Å². The van der Waals surface area contributed by atoms with Crippen LogP contribution < -0.4 is 10.3 Å². The topological polar surface area (TPSA) is 26.0 Å². The molecule has 0 saturated carbocycles. The minimum Gasteiger partial charge on any atom is -0.275 e. The molecule has 0 fully saturated rings. The third-order valence-corrected chi connectivity index (χ3v) is 1.83. The summed E-state index contributed by atoms with van der Waals surface area (Å²) in [4.78, 5) is 3.32. The molecule has 0 aromatic rings. The van der Waals surface area contributed by atoms with Crippen molar-refractivity contribution in [2.45, 2.75) is 32.6 Å². The number of nitrogens with one attached hydrogen (secondary N) is 2. The Balaban J connectivity index is 2.01. The van der Waals surface area contributed by atoms with E-state index in [-0.39, 0.29) is 0 Å². The molecule has 0 aromatic heterocycles. The van der Waals surface area contributed by atoms with Gasteiger partial charge in [0.2, 0.25) is 5.84 Å². The van der Waals surface area contributed by atoms with Gasteiger partial charge in [-0.3, -0.25) is 10.3 Å². The van der Waals surface area contributed by atoms with Gasteiger partial charge in [-0.25, -0.2) is 0 Å². The summed E-state index contributed by atoms with van der Waals surface area (Å²) in [6.45, 7) is 4.46. The maximum Gasteiger partial charge on any atom is 0.242 e. The van der Waals surface area contributed by atoms with Gasteiger partial charge in [-0.15, -0.1) is 0 Å². The molecule has 0 atom stereocenters. The molecular formula is C8H17N2+. The highest BCUT2D eigenvalue weighted by atomic mass is 15.1. The lowest BCUT2D eigenvalue weighted by atomic mass is 10.2. The van der Waals surface area contributed by atoms with Gasteiger partial charge in [-0.2, -0.15) is 0 Å². The van der Waals surface area contributed by atoms with Crippen molar-refractivity contribution in [3.8, 4) is 0 Å². The third-order valence-electron chi connectivity index (χ3n) is 1.83. The van der Waals surface area contributed by atoms with E-state index in [1.807, 2.05) is 0 Å². The summed E-state index contributed by atoms with van der Waals surface area (Å²) in [5.74, 6) is 1.36. The first-order valence-corrected chi connectivity index (χ1v) is 4.27. The predicted octanol–water partition coefficient (Wildman–Crippen LogP) is -0.351. The normalized spacial score (nSPS) is 16.7. The Hall–Kier alpha value is -0.530. The van der Waals surface area contributed by atoms with Crippen molar-refractivity contribution in [3.05, 3.63) is 0 Å². The molecule has 0 radical (unpaired) electrons.